The lowest BCUT2D eigenvalue weighted by molar-refractivity contribution is -0.422. The van der Waals surface area contributed by atoms with Gasteiger partial charge in [0.25, 0.3) is 0 Å². The lowest BCUT2D eigenvalue weighted by atomic mass is 10.1. The van der Waals surface area contributed by atoms with E-state index in [0.29, 0.717) is 6.07 Å². The third-order valence-electron chi connectivity index (χ3n) is 2.02. The van der Waals surface area contributed by atoms with E-state index in [-0.39, 0.29) is 5.56 Å². The molecular formula is C10H10FN3O4. The highest BCUT2D eigenvalue weighted by Crippen LogP contribution is 2.32. The van der Waals surface area contributed by atoms with Gasteiger partial charge in [0.2, 0.25) is 0 Å². The van der Waals surface area contributed by atoms with E-state index in [2.05, 4.69) is 0 Å². The first-order chi connectivity index (χ1) is 8.32. The van der Waals surface area contributed by atoms with Gasteiger partial charge in [-0.05, 0) is 18.3 Å². The lowest BCUT2D eigenvalue weighted by Gasteiger charge is -2.04. The normalized spacial score (nSPS) is 10.6. The average molecular weight is 255 g/mol. The third kappa shape index (κ3) is 3.00. The Kier molecular flexibility index (Phi) is 3.93. The second-order valence-corrected chi connectivity index (χ2v) is 3.66. The van der Waals surface area contributed by atoms with E-state index in [9.17, 15) is 24.6 Å². The van der Waals surface area contributed by atoms with Crippen molar-refractivity contribution in [2.45, 2.75) is 0 Å². The monoisotopic (exact) mass is 255 g/mol. The van der Waals surface area contributed by atoms with Gasteiger partial charge in [0.1, 0.15) is 5.82 Å². The topological polar surface area (TPSA) is 89.5 Å². The Balaban J connectivity index is 3.48. The Hall–Kier alpha value is -2.51. The second-order valence-electron chi connectivity index (χ2n) is 3.66. The number of nitro benzene ring substituents is 2. The van der Waals surface area contributed by atoms with Crippen molar-refractivity contribution in [3.8, 4) is 0 Å². The molecule has 0 N–H and O–H groups in total. The molecule has 0 saturated heterocycles. The molecule has 8 heteroatoms. The minimum Gasteiger partial charge on any atom is -0.383 e. The Bertz CT molecular complexity index is 528. The molecule has 1 rings (SSSR count). The summed E-state index contributed by atoms with van der Waals surface area (Å²) in [6.45, 7) is 0. The SMILES string of the molecule is CN(C)C=Cc1cc(F)cc([N+](=O)[O-])c1[N+](=O)[O-]. The van der Waals surface area contributed by atoms with E-state index in [1.54, 1.807) is 19.0 Å². The number of halogens is 1. The summed E-state index contributed by atoms with van der Waals surface area (Å²) in [7, 11) is 3.33. The fraction of sp³-hybridized carbons (Fsp3) is 0.200. The molecule has 96 valence electrons. The summed E-state index contributed by atoms with van der Waals surface area (Å²) >= 11 is 0. The highest BCUT2D eigenvalue weighted by Gasteiger charge is 2.28. The lowest BCUT2D eigenvalue weighted by Crippen LogP contribution is -2.02. The van der Waals surface area contributed by atoms with E-state index >= 15 is 0 Å². The number of nitrogens with zero attached hydrogens (tertiary/aromatic N) is 3. The zero-order valence-corrected chi connectivity index (χ0v) is 9.66. The number of nitro groups is 2. The molecule has 18 heavy (non-hydrogen) atoms. The van der Waals surface area contributed by atoms with Crippen LogP contribution < -0.4 is 0 Å². The van der Waals surface area contributed by atoms with Gasteiger partial charge in [-0.15, -0.1) is 0 Å². The van der Waals surface area contributed by atoms with Crippen molar-refractivity contribution in [1.82, 2.24) is 4.90 Å². The molecule has 0 heterocycles. The van der Waals surface area contributed by atoms with Crippen LogP contribution in [-0.4, -0.2) is 28.8 Å². The van der Waals surface area contributed by atoms with Gasteiger partial charge < -0.3 is 4.90 Å². The van der Waals surface area contributed by atoms with E-state index in [4.69, 9.17) is 0 Å². The second kappa shape index (κ2) is 5.21. The number of hydrogen-bond donors (Lipinski definition) is 0. The summed E-state index contributed by atoms with van der Waals surface area (Å²) in [6.07, 6.45) is 2.68. The zero-order valence-electron chi connectivity index (χ0n) is 9.66. The molecule has 0 amide bonds. The summed E-state index contributed by atoms with van der Waals surface area (Å²) < 4.78 is 13.2. The van der Waals surface area contributed by atoms with E-state index in [1.807, 2.05) is 0 Å². The van der Waals surface area contributed by atoms with Gasteiger partial charge in [-0.3, -0.25) is 20.2 Å². The molecule has 0 unspecified atom stereocenters. The fourth-order valence-electron chi connectivity index (χ4n) is 1.30. The van der Waals surface area contributed by atoms with Crippen molar-refractivity contribution in [2.24, 2.45) is 0 Å². The molecule has 0 aliphatic carbocycles. The molecule has 1 aromatic rings. The van der Waals surface area contributed by atoms with Crippen molar-refractivity contribution in [1.29, 1.82) is 0 Å². The third-order valence-corrected chi connectivity index (χ3v) is 2.02. The Morgan fingerprint density at radius 3 is 2.28 bits per heavy atom. The van der Waals surface area contributed by atoms with E-state index < -0.39 is 27.0 Å². The highest BCUT2D eigenvalue weighted by molar-refractivity contribution is 5.69. The maximum absolute atomic E-state index is 13.2. The summed E-state index contributed by atoms with van der Waals surface area (Å²) in [5.41, 5.74) is -1.74. The molecule has 0 bridgehead atoms. The first-order valence-corrected chi connectivity index (χ1v) is 4.80. The van der Waals surface area contributed by atoms with Gasteiger partial charge in [-0.25, -0.2) is 4.39 Å². The van der Waals surface area contributed by atoms with Gasteiger partial charge in [-0.1, -0.05) is 0 Å². The predicted molar refractivity (Wildman–Crippen MR) is 62.4 cm³/mol. The van der Waals surface area contributed by atoms with Crippen LogP contribution in [0.5, 0.6) is 0 Å². The van der Waals surface area contributed by atoms with Crippen LogP contribution in [0.4, 0.5) is 15.8 Å². The molecule has 0 radical (unpaired) electrons. The molecule has 0 spiro atoms. The standard InChI is InChI=1S/C10H10FN3O4/c1-12(2)4-3-7-5-8(11)6-9(13(15)16)10(7)14(17)18/h3-6H,1-2H3. The summed E-state index contributed by atoms with van der Waals surface area (Å²) in [6, 6.07) is 1.41. The Labute approximate surface area is 101 Å². The van der Waals surface area contributed by atoms with Crippen LogP contribution in [0.3, 0.4) is 0 Å². The smallest absolute Gasteiger partial charge is 0.353 e. The van der Waals surface area contributed by atoms with Crippen LogP contribution in [-0.2, 0) is 0 Å². The maximum atomic E-state index is 13.2. The molecule has 0 aromatic heterocycles. The van der Waals surface area contributed by atoms with Crippen LogP contribution >= 0.6 is 0 Å². The molecule has 0 fully saturated rings. The Morgan fingerprint density at radius 2 is 1.83 bits per heavy atom. The van der Waals surface area contributed by atoms with E-state index in [0.717, 1.165) is 6.07 Å². The fourth-order valence-corrected chi connectivity index (χ4v) is 1.30. The van der Waals surface area contributed by atoms with Crippen molar-refractivity contribution >= 4 is 17.5 Å². The van der Waals surface area contributed by atoms with Gasteiger partial charge in [-0.2, -0.15) is 0 Å². The quantitative estimate of drug-likeness (QED) is 0.607. The average Bonchev–Trinajstić information content (AvgIpc) is 2.24. The van der Waals surface area contributed by atoms with Crippen LogP contribution in [0, 0.1) is 26.0 Å². The predicted octanol–water partition coefficient (Wildman–Crippen LogP) is 2.17. The molecule has 0 aliphatic heterocycles. The molecule has 1 aromatic carbocycles. The van der Waals surface area contributed by atoms with Gasteiger partial charge in [0, 0.05) is 14.1 Å². The van der Waals surface area contributed by atoms with Gasteiger partial charge >= 0.3 is 11.4 Å². The number of benzene rings is 1. The molecular weight excluding hydrogens is 245 g/mol. The zero-order chi connectivity index (χ0) is 13.9. The summed E-state index contributed by atoms with van der Waals surface area (Å²) in [5.74, 6) is -0.897. The van der Waals surface area contributed by atoms with Crippen molar-refractivity contribution in [3.63, 3.8) is 0 Å². The largest absolute Gasteiger partial charge is 0.383 e. The van der Waals surface area contributed by atoms with Gasteiger partial charge in [0.15, 0.2) is 0 Å². The summed E-state index contributed by atoms with van der Waals surface area (Å²) in [4.78, 5) is 21.2. The highest BCUT2D eigenvalue weighted by atomic mass is 19.1. The van der Waals surface area contributed by atoms with Crippen molar-refractivity contribution in [3.05, 3.63) is 49.9 Å². The molecule has 0 saturated carbocycles. The van der Waals surface area contributed by atoms with Crippen LogP contribution in [0.1, 0.15) is 5.56 Å². The van der Waals surface area contributed by atoms with E-state index in [1.165, 1.54) is 12.3 Å². The number of rotatable bonds is 4. The van der Waals surface area contributed by atoms with Gasteiger partial charge in [0.05, 0.1) is 21.5 Å². The molecule has 0 atom stereocenters. The first kappa shape index (κ1) is 13.6. The van der Waals surface area contributed by atoms with Crippen molar-refractivity contribution < 1.29 is 14.2 Å². The van der Waals surface area contributed by atoms with Crippen LogP contribution in [0.15, 0.2) is 18.3 Å². The maximum Gasteiger partial charge on any atom is 0.353 e. The Morgan fingerprint density at radius 1 is 1.22 bits per heavy atom. The summed E-state index contributed by atoms with van der Waals surface area (Å²) in [5, 5.41) is 21.5. The minimum atomic E-state index is -0.978. The number of hydrogen-bond acceptors (Lipinski definition) is 5. The van der Waals surface area contributed by atoms with Crippen molar-refractivity contribution in [2.75, 3.05) is 14.1 Å². The van der Waals surface area contributed by atoms with Crippen LogP contribution in [0.25, 0.3) is 6.08 Å². The van der Waals surface area contributed by atoms with Crippen LogP contribution in [0.2, 0.25) is 0 Å². The first-order valence-electron chi connectivity index (χ1n) is 4.80. The minimum absolute atomic E-state index is 0.152. The molecule has 7 nitrogen and oxygen atoms in total. The molecule has 0 aliphatic rings.